The van der Waals surface area contributed by atoms with Gasteiger partial charge in [0, 0.05) is 19.3 Å². The number of amides is 1. The second kappa shape index (κ2) is 7.40. The zero-order valence-corrected chi connectivity index (χ0v) is 14.1. The van der Waals surface area contributed by atoms with E-state index in [9.17, 15) is 18.0 Å². The van der Waals surface area contributed by atoms with Crippen LogP contribution >= 0.6 is 0 Å². The molecule has 0 saturated heterocycles. The van der Waals surface area contributed by atoms with Gasteiger partial charge in [0.15, 0.2) is 17.3 Å². The molecule has 3 aromatic heterocycles. The molecule has 3 aromatic rings. The summed E-state index contributed by atoms with van der Waals surface area (Å²) in [6, 6.07) is 4.40. The van der Waals surface area contributed by atoms with E-state index in [1.165, 1.54) is 24.9 Å². The third-order valence-corrected chi connectivity index (χ3v) is 3.53. The maximum absolute atomic E-state index is 13.9. The molecule has 1 N–H and O–H groups in total. The van der Waals surface area contributed by atoms with Crippen LogP contribution in [-0.2, 0) is 11.8 Å². The summed E-state index contributed by atoms with van der Waals surface area (Å²) in [5, 5.41) is 9.82. The summed E-state index contributed by atoms with van der Waals surface area (Å²) in [6.07, 6.45) is -0.213. The summed E-state index contributed by atoms with van der Waals surface area (Å²) in [5.74, 6) is -2.45. The van der Waals surface area contributed by atoms with Gasteiger partial charge in [-0.1, -0.05) is 5.21 Å². The van der Waals surface area contributed by atoms with E-state index in [4.69, 9.17) is 4.74 Å². The minimum atomic E-state index is -1.14. The Kier molecular flexibility index (Phi) is 5.01. The fraction of sp³-hybridized carbons (Fsp3) is 0.188. The number of nitrogens with zero attached hydrogens (tertiary/aromatic N) is 5. The van der Waals surface area contributed by atoms with E-state index in [1.54, 1.807) is 0 Å². The lowest BCUT2D eigenvalue weighted by Crippen LogP contribution is -2.19. The largest absolute Gasteiger partial charge is 0.441 e. The number of rotatable bonds is 4. The molecule has 0 aliphatic rings. The van der Waals surface area contributed by atoms with Gasteiger partial charge in [-0.05, 0) is 19.1 Å². The molecule has 0 saturated carbocycles. The second-order valence-corrected chi connectivity index (χ2v) is 5.38. The Bertz CT molecular complexity index is 994. The van der Waals surface area contributed by atoms with Gasteiger partial charge in [-0.25, -0.2) is 23.2 Å². The molecule has 0 unspecified atom stereocenters. The van der Waals surface area contributed by atoms with Gasteiger partial charge in [0.05, 0.1) is 11.8 Å². The number of aromatic nitrogens is 5. The number of ether oxygens (including phenoxy) is 1. The third-order valence-electron chi connectivity index (χ3n) is 3.53. The lowest BCUT2D eigenvalue weighted by molar-refractivity contribution is 0.118. The maximum Gasteiger partial charge on any atom is 0.413 e. The number of pyridine rings is 2. The van der Waals surface area contributed by atoms with Crippen LogP contribution in [0, 0.1) is 23.6 Å². The zero-order valence-electron chi connectivity index (χ0n) is 14.1. The normalized spacial score (nSPS) is 11.9. The third kappa shape index (κ3) is 3.86. The molecule has 3 rings (SSSR count). The average Bonchev–Trinajstić information content (AvgIpc) is 2.98. The topological polar surface area (TPSA) is 94.8 Å². The molecule has 0 spiro atoms. The van der Waals surface area contributed by atoms with Crippen molar-refractivity contribution in [2.45, 2.75) is 13.0 Å². The highest BCUT2D eigenvalue weighted by Crippen LogP contribution is 2.26. The van der Waals surface area contributed by atoms with E-state index in [-0.39, 0.29) is 22.8 Å². The quantitative estimate of drug-likeness (QED) is 0.703. The highest BCUT2D eigenvalue weighted by molar-refractivity contribution is 5.88. The first-order chi connectivity index (χ1) is 12.9. The molecule has 1 radical (unpaired) electrons. The van der Waals surface area contributed by atoms with Gasteiger partial charge in [0.2, 0.25) is 5.95 Å². The Morgan fingerprint density at radius 2 is 2.07 bits per heavy atom. The van der Waals surface area contributed by atoms with E-state index in [1.807, 2.05) is 0 Å². The van der Waals surface area contributed by atoms with Crippen molar-refractivity contribution >= 4 is 11.9 Å². The molecule has 11 heteroatoms. The van der Waals surface area contributed by atoms with Crippen LogP contribution in [0.3, 0.4) is 0 Å². The first-order valence-corrected chi connectivity index (χ1v) is 7.57. The minimum Gasteiger partial charge on any atom is -0.441 e. The van der Waals surface area contributed by atoms with Crippen molar-refractivity contribution < 1.29 is 22.7 Å². The van der Waals surface area contributed by atoms with Crippen LogP contribution in [0.25, 0.3) is 11.4 Å². The molecular weight excluding hydrogens is 365 g/mol. The summed E-state index contributed by atoms with van der Waals surface area (Å²) in [4.78, 5) is 19.2. The summed E-state index contributed by atoms with van der Waals surface area (Å²) in [7, 11) is 1.46. The van der Waals surface area contributed by atoms with Crippen molar-refractivity contribution in [1.82, 2.24) is 25.0 Å². The molecule has 0 fully saturated rings. The van der Waals surface area contributed by atoms with Crippen LogP contribution in [0.2, 0.25) is 0 Å². The van der Waals surface area contributed by atoms with Crippen LogP contribution in [0.5, 0.6) is 0 Å². The number of hydrogen-bond donors (Lipinski definition) is 1. The van der Waals surface area contributed by atoms with Crippen LogP contribution in [0.15, 0.2) is 24.5 Å². The SMILES string of the molecule is C[C@@H](OC(=O)Nc1c(-c2nc[c]cc2F)nnn1C)c1cc(F)cnc1F. The van der Waals surface area contributed by atoms with Crippen molar-refractivity contribution in [2.24, 2.45) is 7.05 Å². The molecule has 1 atom stereocenters. The van der Waals surface area contributed by atoms with Crippen molar-refractivity contribution in [3.63, 3.8) is 0 Å². The van der Waals surface area contributed by atoms with Gasteiger partial charge >= 0.3 is 6.09 Å². The standard InChI is InChI=1S/C16H12F3N6O2/c1-8(10-6-9(17)7-21-14(10)19)27-16(26)22-15-13(23-24-25(15)2)12-11(18)4-3-5-20-12/h4-8H,1-2H3,(H,22,26)/t8-/m1/s1. The number of carbonyl (C=O) groups is 1. The van der Waals surface area contributed by atoms with Gasteiger partial charge in [0.25, 0.3) is 0 Å². The van der Waals surface area contributed by atoms with E-state index >= 15 is 0 Å². The smallest absolute Gasteiger partial charge is 0.413 e. The number of anilines is 1. The lowest BCUT2D eigenvalue weighted by Gasteiger charge is -2.15. The Hall–Kier alpha value is -3.50. The number of hydrogen-bond acceptors (Lipinski definition) is 6. The van der Waals surface area contributed by atoms with Crippen molar-refractivity contribution in [3.05, 3.63) is 53.7 Å². The van der Waals surface area contributed by atoms with Gasteiger partial charge < -0.3 is 4.74 Å². The Balaban J connectivity index is 1.80. The summed E-state index contributed by atoms with van der Waals surface area (Å²) >= 11 is 0. The molecular formula is C16H12F3N6O2. The van der Waals surface area contributed by atoms with E-state index < -0.39 is 29.8 Å². The Morgan fingerprint density at radius 3 is 2.81 bits per heavy atom. The molecule has 139 valence electrons. The number of carbonyl (C=O) groups excluding carboxylic acids is 1. The maximum atomic E-state index is 13.9. The number of halogens is 3. The monoisotopic (exact) mass is 377 g/mol. The number of nitrogens with one attached hydrogen (secondary N) is 1. The summed E-state index contributed by atoms with van der Waals surface area (Å²) in [5.41, 5.74) is -0.419. The van der Waals surface area contributed by atoms with Crippen molar-refractivity contribution in [2.75, 3.05) is 5.32 Å². The first-order valence-electron chi connectivity index (χ1n) is 7.57. The molecule has 8 nitrogen and oxygen atoms in total. The fourth-order valence-electron chi connectivity index (χ4n) is 2.25. The molecule has 0 aromatic carbocycles. The molecule has 27 heavy (non-hydrogen) atoms. The fourth-order valence-corrected chi connectivity index (χ4v) is 2.25. The molecule has 0 aliphatic carbocycles. The molecule has 1 amide bonds. The van der Waals surface area contributed by atoms with E-state index in [0.29, 0.717) is 6.20 Å². The highest BCUT2D eigenvalue weighted by atomic mass is 19.1. The van der Waals surface area contributed by atoms with Gasteiger partial charge in [-0.2, -0.15) is 4.39 Å². The Labute approximate surface area is 151 Å². The van der Waals surface area contributed by atoms with Crippen LogP contribution < -0.4 is 5.32 Å². The van der Waals surface area contributed by atoms with Crippen molar-refractivity contribution in [3.8, 4) is 11.4 Å². The van der Waals surface area contributed by atoms with E-state index in [2.05, 4.69) is 31.7 Å². The predicted molar refractivity (Wildman–Crippen MR) is 85.7 cm³/mol. The van der Waals surface area contributed by atoms with E-state index in [0.717, 1.165) is 12.1 Å². The molecule has 3 heterocycles. The van der Waals surface area contributed by atoms with Crippen LogP contribution in [0.1, 0.15) is 18.6 Å². The second-order valence-electron chi connectivity index (χ2n) is 5.38. The zero-order chi connectivity index (χ0) is 19.6. The summed E-state index contributed by atoms with van der Waals surface area (Å²) < 4.78 is 47.0. The average molecular weight is 377 g/mol. The lowest BCUT2D eigenvalue weighted by atomic mass is 10.2. The van der Waals surface area contributed by atoms with Crippen LogP contribution in [0.4, 0.5) is 23.8 Å². The van der Waals surface area contributed by atoms with Gasteiger partial charge in [-0.15, -0.1) is 5.10 Å². The van der Waals surface area contributed by atoms with Crippen LogP contribution in [-0.4, -0.2) is 31.1 Å². The van der Waals surface area contributed by atoms with Gasteiger partial charge in [-0.3, -0.25) is 10.3 Å². The highest BCUT2D eigenvalue weighted by Gasteiger charge is 2.22. The molecule has 0 bridgehead atoms. The molecule has 0 aliphatic heterocycles. The first kappa shape index (κ1) is 18.3. The van der Waals surface area contributed by atoms with Crippen molar-refractivity contribution in [1.29, 1.82) is 0 Å². The predicted octanol–water partition coefficient (Wildman–Crippen LogP) is 2.80. The Morgan fingerprint density at radius 1 is 1.30 bits per heavy atom. The number of aryl methyl sites for hydroxylation is 1. The van der Waals surface area contributed by atoms with Gasteiger partial charge in [0.1, 0.15) is 17.6 Å². The summed E-state index contributed by atoms with van der Waals surface area (Å²) in [6.45, 7) is 1.34. The minimum absolute atomic E-state index is 0.00244.